The normalized spacial score (nSPS) is 16.0. The molecule has 166 valence electrons. The molecule has 4 aromatic rings. The van der Waals surface area contributed by atoms with Crippen LogP contribution in [0.2, 0.25) is 0 Å². The van der Waals surface area contributed by atoms with Gasteiger partial charge in [0.1, 0.15) is 11.6 Å². The Morgan fingerprint density at radius 1 is 1.03 bits per heavy atom. The molecule has 5 rings (SSSR count). The molecular weight excluding hydrogens is 432 g/mol. The van der Waals surface area contributed by atoms with E-state index in [1.165, 1.54) is 40.1 Å². The molecule has 0 saturated carbocycles. The van der Waals surface area contributed by atoms with Crippen LogP contribution in [0.5, 0.6) is 5.88 Å². The molecule has 0 amide bonds. The van der Waals surface area contributed by atoms with E-state index in [-0.39, 0.29) is 23.6 Å². The Balaban J connectivity index is 1.47. The van der Waals surface area contributed by atoms with Gasteiger partial charge < -0.3 is 10.0 Å². The highest BCUT2D eigenvalue weighted by Gasteiger charge is 2.32. The second-order valence-corrected chi connectivity index (χ2v) is 8.83. The SMILES string of the molecule is CCc1nc2sc([C@@H](c3cccc(F)c3)N3CCN(c4ccc(F)cc4)CC3)c(O)n2n1. The third kappa shape index (κ3) is 3.82. The molecule has 6 nitrogen and oxygen atoms in total. The van der Waals surface area contributed by atoms with Gasteiger partial charge in [0.25, 0.3) is 0 Å². The Labute approximate surface area is 188 Å². The number of thiazole rings is 1. The first kappa shape index (κ1) is 20.8. The zero-order valence-electron chi connectivity index (χ0n) is 17.6. The van der Waals surface area contributed by atoms with Gasteiger partial charge in [-0.1, -0.05) is 30.4 Å². The van der Waals surface area contributed by atoms with Gasteiger partial charge >= 0.3 is 0 Å². The standard InChI is InChI=1S/C23H23F2N5OS/c1-2-19-26-23-30(27-19)22(31)21(32-23)20(15-4-3-5-17(25)14-15)29-12-10-28(11-13-29)18-8-6-16(24)7-9-18/h3-9,14,20,31H,2,10-13H2,1H3/t20-/m1/s1. The summed E-state index contributed by atoms with van der Waals surface area (Å²) in [7, 11) is 0. The number of hydrogen-bond acceptors (Lipinski definition) is 6. The van der Waals surface area contributed by atoms with Crippen LogP contribution < -0.4 is 4.90 Å². The van der Waals surface area contributed by atoms with Gasteiger partial charge in [0.05, 0.1) is 10.9 Å². The molecule has 1 aliphatic heterocycles. The van der Waals surface area contributed by atoms with E-state index >= 15 is 0 Å². The maximum absolute atomic E-state index is 14.1. The summed E-state index contributed by atoms with van der Waals surface area (Å²) < 4.78 is 28.9. The molecular formula is C23H23F2N5OS. The van der Waals surface area contributed by atoms with E-state index in [0.717, 1.165) is 24.3 Å². The molecule has 0 aliphatic carbocycles. The van der Waals surface area contributed by atoms with Gasteiger partial charge in [0, 0.05) is 38.3 Å². The molecule has 2 aromatic carbocycles. The van der Waals surface area contributed by atoms with Crippen LogP contribution in [0.1, 0.15) is 29.2 Å². The molecule has 1 atom stereocenters. The number of nitrogens with zero attached hydrogens (tertiary/aromatic N) is 5. The molecule has 1 aliphatic rings. The molecule has 32 heavy (non-hydrogen) atoms. The molecule has 1 saturated heterocycles. The summed E-state index contributed by atoms with van der Waals surface area (Å²) in [6.45, 7) is 4.84. The number of piperazine rings is 1. The minimum Gasteiger partial charge on any atom is -0.492 e. The maximum atomic E-state index is 14.1. The van der Waals surface area contributed by atoms with Crippen LogP contribution in [0, 0.1) is 11.6 Å². The zero-order chi connectivity index (χ0) is 22.2. The van der Waals surface area contributed by atoms with Gasteiger partial charge in [-0.25, -0.2) is 13.8 Å². The number of benzene rings is 2. The number of aromatic nitrogens is 3. The average molecular weight is 456 g/mol. The van der Waals surface area contributed by atoms with E-state index < -0.39 is 0 Å². The summed E-state index contributed by atoms with van der Waals surface area (Å²) in [6, 6.07) is 12.7. The predicted molar refractivity (Wildman–Crippen MR) is 120 cm³/mol. The number of aromatic hydroxyl groups is 1. The van der Waals surface area contributed by atoms with Crippen molar-refractivity contribution in [3.8, 4) is 5.88 Å². The number of halogens is 2. The number of rotatable bonds is 5. The lowest BCUT2D eigenvalue weighted by atomic mass is 10.0. The fourth-order valence-electron chi connectivity index (χ4n) is 4.21. The second kappa shape index (κ2) is 8.48. The van der Waals surface area contributed by atoms with Gasteiger partial charge in [-0.3, -0.25) is 4.90 Å². The highest BCUT2D eigenvalue weighted by Crippen LogP contribution is 2.40. The fraction of sp³-hybridized carbons (Fsp3) is 0.304. The summed E-state index contributed by atoms with van der Waals surface area (Å²) in [5.74, 6) is 0.155. The Morgan fingerprint density at radius 3 is 2.44 bits per heavy atom. The van der Waals surface area contributed by atoms with Crippen LogP contribution in [0.3, 0.4) is 0 Å². The molecule has 2 aromatic heterocycles. The average Bonchev–Trinajstić information content (AvgIpc) is 3.34. The van der Waals surface area contributed by atoms with Crippen LogP contribution >= 0.6 is 11.3 Å². The molecule has 0 bridgehead atoms. The largest absolute Gasteiger partial charge is 0.492 e. The van der Waals surface area contributed by atoms with Gasteiger partial charge in [-0.05, 0) is 42.0 Å². The molecule has 1 N–H and O–H groups in total. The van der Waals surface area contributed by atoms with E-state index in [4.69, 9.17) is 0 Å². The van der Waals surface area contributed by atoms with Crippen molar-refractivity contribution < 1.29 is 13.9 Å². The van der Waals surface area contributed by atoms with Crippen LogP contribution in [-0.2, 0) is 6.42 Å². The first-order chi connectivity index (χ1) is 15.5. The molecule has 0 radical (unpaired) electrons. The maximum Gasteiger partial charge on any atom is 0.230 e. The van der Waals surface area contributed by atoms with Crippen molar-refractivity contribution in [1.82, 2.24) is 19.5 Å². The minimum atomic E-state index is -0.320. The van der Waals surface area contributed by atoms with Crippen LogP contribution in [-0.4, -0.2) is 50.8 Å². The van der Waals surface area contributed by atoms with Gasteiger partial charge in [0.15, 0.2) is 5.82 Å². The van der Waals surface area contributed by atoms with Gasteiger partial charge in [-0.15, -0.1) is 5.10 Å². The summed E-state index contributed by atoms with van der Waals surface area (Å²) in [6.07, 6.45) is 0.682. The quantitative estimate of drug-likeness (QED) is 0.488. The smallest absolute Gasteiger partial charge is 0.230 e. The third-order valence-corrected chi connectivity index (χ3v) is 6.92. The van der Waals surface area contributed by atoms with Crippen molar-refractivity contribution in [2.45, 2.75) is 19.4 Å². The lowest BCUT2D eigenvalue weighted by molar-refractivity contribution is 0.211. The topological polar surface area (TPSA) is 56.9 Å². The number of hydrogen-bond donors (Lipinski definition) is 1. The number of aryl methyl sites for hydroxylation is 1. The van der Waals surface area contributed by atoms with E-state index in [2.05, 4.69) is 19.9 Å². The highest BCUT2D eigenvalue weighted by molar-refractivity contribution is 7.17. The molecule has 0 unspecified atom stereocenters. The van der Waals surface area contributed by atoms with Crippen LogP contribution in [0.15, 0.2) is 48.5 Å². The Bertz CT molecular complexity index is 1230. The molecule has 0 spiro atoms. The number of fused-ring (bicyclic) bond motifs is 1. The van der Waals surface area contributed by atoms with Crippen LogP contribution in [0.25, 0.3) is 4.96 Å². The molecule has 3 heterocycles. The highest BCUT2D eigenvalue weighted by atomic mass is 32.1. The van der Waals surface area contributed by atoms with E-state index in [0.29, 0.717) is 35.2 Å². The van der Waals surface area contributed by atoms with Crippen molar-refractivity contribution >= 4 is 22.0 Å². The van der Waals surface area contributed by atoms with Crippen molar-refractivity contribution in [2.24, 2.45) is 0 Å². The first-order valence-electron chi connectivity index (χ1n) is 10.6. The minimum absolute atomic E-state index is 0.0485. The monoisotopic (exact) mass is 455 g/mol. The second-order valence-electron chi connectivity index (χ2n) is 7.82. The summed E-state index contributed by atoms with van der Waals surface area (Å²) >= 11 is 1.38. The van der Waals surface area contributed by atoms with E-state index in [1.54, 1.807) is 18.2 Å². The van der Waals surface area contributed by atoms with E-state index in [9.17, 15) is 13.9 Å². The van der Waals surface area contributed by atoms with Crippen molar-refractivity contribution in [3.05, 3.63) is 76.4 Å². The summed E-state index contributed by atoms with van der Waals surface area (Å²) in [5.41, 5.74) is 1.75. The van der Waals surface area contributed by atoms with Crippen LogP contribution in [0.4, 0.5) is 14.5 Å². The third-order valence-electron chi connectivity index (χ3n) is 5.84. The lowest BCUT2D eigenvalue weighted by Crippen LogP contribution is -2.47. The summed E-state index contributed by atoms with van der Waals surface area (Å²) in [5, 5.41) is 15.4. The summed E-state index contributed by atoms with van der Waals surface area (Å²) in [4.78, 5) is 10.3. The van der Waals surface area contributed by atoms with E-state index in [1.807, 2.05) is 13.0 Å². The van der Waals surface area contributed by atoms with Gasteiger partial charge in [0.2, 0.25) is 10.8 Å². The van der Waals surface area contributed by atoms with Crippen molar-refractivity contribution in [3.63, 3.8) is 0 Å². The van der Waals surface area contributed by atoms with Crippen molar-refractivity contribution in [1.29, 1.82) is 0 Å². The Hall–Kier alpha value is -3.04. The first-order valence-corrected chi connectivity index (χ1v) is 11.4. The molecule has 9 heteroatoms. The zero-order valence-corrected chi connectivity index (χ0v) is 18.4. The lowest BCUT2D eigenvalue weighted by Gasteiger charge is -2.40. The fourth-order valence-corrected chi connectivity index (χ4v) is 5.35. The van der Waals surface area contributed by atoms with Crippen molar-refractivity contribution in [2.75, 3.05) is 31.1 Å². The Morgan fingerprint density at radius 2 is 1.78 bits per heavy atom. The molecule has 1 fully saturated rings. The number of anilines is 1. The Kier molecular flexibility index (Phi) is 5.52. The predicted octanol–water partition coefficient (Wildman–Crippen LogP) is 4.25. The van der Waals surface area contributed by atoms with Gasteiger partial charge in [-0.2, -0.15) is 4.52 Å².